The summed E-state index contributed by atoms with van der Waals surface area (Å²) in [5, 5.41) is 12.5. The van der Waals surface area contributed by atoms with Gasteiger partial charge in [0, 0.05) is 20.1 Å². The Morgan fingerprint density at radius 3 is 2.14 bits per heavy atom. The van der Waals surface area contributed by atoms with E-state index in [9.17, 15) is 9.90 Å². The lowest BCUT2D eigenvalue weighted by Crippen LogP contribution is -2.44. The van der Waals surface area contributed by atoms with Gasteiger partial charge in [-0.25, -0.2) is 4.79 Å². The molecule has 5 nitrogen and oxygen atoms in total. The number of amides is 2. The van der Waals surface area contributed by atoms with Crippen LogP contribution in [0.15, 0.2) is 24.3 Å². The first-order valence-corrected chi connectivity index (χ1v) is 7.11. The van der Waals surface area contributed by atoms with Crippen LogP contribution >= 0.6 is 0 Å². The fourth-order valence-electron chi connectivity index (χ4n) is 2.09. The average molecular weight is 293 g/mol. The number of nitrogens with zero attached hydrogens (tertiary/aromatic N) is 2. The topological polar surface area (TPSA) is 55.8 Å². The first-order chi connectivity index (χ1) is 9.67. The molecule has 1 aromatic rings. The Kier molecular flexibility index (Phi) is 6.18. The number of likely N-dealkylation sites (N-methyl/N-ethyl adjacent to an activating group) is 1. The molecule has 0 radical (unpaired) electrons. The standard InChI is InChI=1S/C16H27N3O2/c1-16(2,21)12-19(5)15(20)17-10-13-6-8-14(9-7-13)11-18(3)4/h6-9,21H,10-12H2,1-5H3,(H,17,20). The number of carbonyl (C=O) groups excluding carboxylic acids is 1. The van der Waals surface area contributed by atoms with Gasteiger partial charge < -0.3 is 20.2 Å². The zero-order chi connectivity index (χ0) is 16.0. The van der Waals surface area contributed by atoms with E-state index in [4.69, 9.17) is 0 Å². The average Bonchev–Trinajstić information content (AvgIpc) is 2.34. The number of urea groups is 1. The lowest BCUT2D eigenvalue weighted by atomic mass is 10.1. The van der Waals surface area contributed by atoms with Crippen molar-refractivity contribution in [3.8, 4) is 0 Å². The van der Waals surface area contributed by atoms with Crippen LogP contribution in [0, 0.1) is 0 Å². The van der Waals surface area contributed by atoms with Crippen molar-refractivity contribution in [2.45, 2.75) is 32.5 Å². The van der Waals surface area contributed by atoms with Crippen molar-refractivity contribution in [1.29, 1.82) is 0 Å². The molecule has 0 bridgehead atoms. The second-order valence-corrected chi connectivity index (χ2v) is 6.38. The molecular formula is C16H27N3O2. The molecule has 0 aromatic heterocycles. The molecule has 0 heterocycles. The van der Waals surface area contributed by atoms with Crippen molar-refractivity contribution in [3.05, 3.63) is 35.4 Å². The maximum absolute atomic E-state index is 11.9. The fraction of sp³-hybridized carbons (Fsp3) is 0.562. The number of rotatable bonds is 6. The Morgan fingerprint density at radius 2 is 1.67 bits per heavy atom. The summed E-state index contributed by atoms with van der Waals surface area (Å²) >= 11 is 0. The van der Waals surface area contributed by atoms with Gasteiger partial charge in [-0.2, -0.15) is 0 Å². The molecule has 0 aliphatic carbocycles. The summed E-state index contributed by atoms with van der Waals surface area (Å²) in [4.78, 5) is 15.5. The van der Waals surface area contributed by atoms with E-state index in [2.05, 4.69) is 22.3 Å². The van der Waals surface area contributed by atoms with Gasteiger partial charge in [-0.15, -0.1) is 0 Å². The van der Waals surface area contributed by atoms with Crippen molar-refractivity contribution in [1.82, 2.24) is 15.1 Å². The SMILES string of the molecule is CN(C)Cc1ccc(CNC(=O)N(C)CC(C)(C)O)cc1. The number of aliphatic hydroxyl groups is 1. The molecular weight excluding hydrogens is 266 g/mol. The molecule has 0 spiro atoms. The zero-order valence-corrected chi connectivity index (χ0v) is 13.7. The molecule has 0 unspecified atom stereocenters. The molecule has 2 N–H and O–H groups in total. The van der Waals surface area contributed by atoms with Crippen LogP contribution in [0.1, 0.15) is 25.0 Å². The van der Waals surface area contributed by atoms with Crippen molar-refractivity contribution in [2.24, 2.45) is 0 Å². The van der Waals surface area contributed by atoms with Crippen LogP contribution in [0.4, 0.5) is 4.79 Å². The number of nitrogens with one attached hydrogen (secondary N) is 1. The van der Waals surface area contributed by atoms with E-state index < -0.39 is 5.60 Å². The fourth-order valence-corrected chi connectivity index (χ4v) is 2.09. The number of carbonyl (C=O) groups is 1. The van der Waals surface area contributed by atoms with Crippen LogP contribution < -0.4 is 5.32 Å². The molecule has 0 atom stereocenters. The van der Waals surface area contributed by atoms with Gasteiger partial charge in [-0.05, 0) is 39.1 Å². The highest BCUT2D eigenvalue weighted by Gasteiger charge is 2.18. The molecule has 2 amide bonds. The molecule has 0 saturated carbocycles. The Balaban J connectivity index is 2.46. The van der Waals surface area contributed by atoms with Crippen molar-refractivity contribution < 1.29 is 9.90 Å². The van der Waals surface area contributed by atoms with Gasteiger partial charge in [0.2, 0.25) is 0 Å². The van der Waals surface area contributed by atoms with Gasteiger partial charge in [-0.1, -0.05) is 24.3 Å². The van der Waals surface area contributed by atoms with E-state index >= 15 is 0 Å². The zero-order valence-electron chi connectivity index (χ0n) is 13.7. The van der Waals surface area contributed by atoms with Crippen molar-refractivity contribution in [2.75, 3.05) is 27.7 Å². The van der Waals surface area contributed by atoms with Crippen LogP contribution in [-0.2, 0) is 13.1 Å². The summed E-state index contributed by atoms with van der Waals surface area (Å²) in [5.41, 5.74) is 1.41. The van der Waals surface area contributed by atoms with Gasteiger partial charge in [0.05, 0.1) is 12.1 Å². The third kappa shape index (κ3) is 7.11. The third-order valence-corrected chi connectivity index (χ3v) is 2.94. The number of hydrogen-bond acceptors (Lipinski definition) is 3. The van der Waals surface area contributed by atoms with Gasteiger partial charge in [0.25, 0.3) is 0 Å². The lowest BCUT2D eigenvalue weighted by Gasteiger charge is -2.25. The van der Waals surface area contributed by atoms with Gasteiger partial charge >= 0.3 is 6.03 Å². The highest BCUT2D eigenvalue weighted by molar-refractivity contribution is 5.73. The van der Waals surface area contributed by atoms with E-state index in [1.165, 1.54) is 10.5 Å². The predicted octanol–water partition coefficient (Wildman–Crippen LogP) is 1.66. The normalized spacial score (nSPS) is 11.6. The molecule has 1 rings (SSSR count). The van der Waals surface area contributed by atoms with E-state index in [0.29, 0.717) is 13.1 Å². The number of hydrogen-bond donors (Lipinski definition) is 2. The van der Waals surface area contributed by atoms with Crippen LogP contribution in [0.2, 0.25) is 0 Å². The second kappa shape index (κ2) is 7.43. The Hall–Kier alpha value is -1.59. The van der Waals surface area contributed by atoms with Crippen LogP contribution in [0.5, 0.6) is 0 Å². The molecule has 0 aliphatic heterocycles. The highest BCUT2D eigenvalue weighted by Crippen LogP contribution is 2.07. The monoisotopic (exact) mass is 293 g/mol. The van der Waals surface area contributed by atoms with Crippen LogP contribution in [-0.4, -0.2) is 54.2 Å². The summed E-state index contributed by atoms with van der Waals surface area (Å²) in [6, 6.07) is 8.00. The largest absolute Gasteiger partial charge is 0.389 e. The van der Waals surface area contributed by atoms with Crippen LogP contribution in [0.25, 0.3) is 0 Å². The summed E-state index contributed by atoms with van der Waals surface area (Å²) in [5.74, 6) is 0. The van der Waals surface area contributed by atoms with Crippen molar-refractivity contribution >= 4 is 6.03 Å². The smallest absolute Gasteiger partial charge is 0.317 e. The summed E-state index contributed by atoms with van der Waals surface area (Å²) in [6.45, 7) is 5.04. The molecule has 0 saturated heterocycles. The van der Waals surface area contributed by atoms with E-state index in [0.717, 1.165) is 12.1 Å². The predicted molar refractivity (Wildman–Crippen MR) is 85.0 cm³/mol. The minimum absolute atomic E-state index is 0.186. The van der Waals surface area contributed by atoms with Crippen molar-refractivity contribution in [3.63, 3.8) is 0 Å². The minimum Gasteiger partial charge on any atom is -0.389 e. The Morgan fingerprint density at radius 1 is 1.14 bits per heavy atom. The van der Waals surface area contributed by atoms with Crippen LogP contribution in [0.3, 0.4) is 0 Å². The van der Waals surface area contributed by atoms with Gasteiger partial charge in [0.1, 0.15) is 0 Å². The van der Waals surface area contributed by atoms with E-state index in [-0.39, 0.29) is 6.03 Å². The first-order valence-electron chi connectivity index (χ1n) is 7.11. The first kappa shape index (κ1) is 17.5. The summed E-state index contributed by atoms with van der Waals surface area (Å²) in [7, 11) is 5.74. The second-order valence-electron chi connectivity index (χ2n) is 6.38. The maximum Gasteiger partial charge on any atom is 0.317 e. The van der Waals surface area contributed by atoms with Gasteiger partial charge in [0.15, 0.2) is 0 Å². The van der Waals surface area contributed by atoms with Gasteiger partial charge in [-0.3, -0.25) is 0 Å². The minimum atomic E-state index is -0.889. The molecule has 21 heavy (non-hydrogen) atoms. The lowest BCUT2D eigenvalue weighted by molar-refractivity contribution is 0.0531. The maximum atomic E-state index is 11.9. The quantitative estimate of drug-likeness (QED) is 0.839. The molecule has 0 fully saturated rings. The Labute approximate surface area is 127 Å². The third-order valence-electron chi connectivity index (χ3n) is 2.94. The molecule has 0 aliphatic rings. The Bertz CT molecular complexity index is 450. The highest BCUT2D eigenvalue weighted by atomic mass is 16.3. The molecule has 118 valence electrons. The van der Waals surface area contributed by atoms with E-state index in [1.807, 2.05) is 26.2 Å². The van der Waals surface area contributed by atoms with E-state index in [1.54, 1.807) is 20.9 Å². The summed E-state index contributed by atoms with van der Waals surface area (Å²) in [6.07, 6.45) is 0. The molecule has 1 aromatic carbocycles. The summed E-state index contributed by atoms with van der Waals surface area (Å²) < 4.78 is 0. The molecule has 5 heteroatoms. The number of benzene rings is 1.